The van der Waals surface area contributed by atoms with Gasteiger partial charge in [-0.15, -0.1) is 0 Å². The minimum Gasteiger partial charge on any atom is -0.512 e. The number of benzene rings is 1. The lowest BCUT2D eigenvalue weighted by Crippen LogP contribution is -2.09. The number of aliphatic hydroxyl groups is 1. The Balaban J connectivity index is 2.22. The van der Waals surface area contributed by atoms with E-state index in [4.69, 9.17) is 4.74 Å². The molecule has 0 amide bonds. The van der Waals surface area contributed by atoms with Gasteiger partial charge in [0.25, 0.3) is 0 Å². The van der Waals surface area contributed by atoms with E-state index in [2.05, 4.69) is 0 Å². The molecule has 1 aliphatic heterocycles. The molecule has 0 saturated heterocycles. The van der Waals surface area contributed by atoms with E-state index >= 15 is 0 Å². The van der Waals surface area contributed by atoms with E-state index in [1.807, 2.05) is 30.3 Å². The summed E-state index contributed by atoms with van der Waals surface area (Å²) in [5, 5.41) is 9.32. The maximum atomic E-state index is 9.32. The van der Waals surface area contributed by atoms with E-state index in [-0.39, 0.29) is 6.10 Å². The second kappa shape index (κ2) is 3.62. The highest BCUT2D eigenvalue weighted by Crippen LogP contribution is 2.24. The van der Waals surface area contributed by atoms with Crippen molar-refractivity contribution in [2.24, 2.45) is 0 Å². The zero-order chi connectivity index (χ0) is 9.10. The van der Waals surface area contributed by atoms with Crippen molar-refractivity contribution < 1.29 is 9.84 Å². The van der Waals surface area contributed by atoms with Gasteiger partial charge in [0.2, 0.25) is 0 Å². The van der Waals surface area contributed by atoms with Crippen LogP contribution in [0.3, 0.4) is 0 Å². The van der Waals surface area contributed by atoms with Gasteiger partial charge in [-0.05, 0) is 11.6 Å². The summed E-state index contributed by atoms with van der Waals surface area (Å²) in [5.74, 6) is 0.431. The summed E-state index contributed by atoms with van der Waals surface area (Å²) in [5.41, 5.74) is 1.09. The molecule has 1 aliphatic rings. The quantitative estimate of drug-likeness (QED) is 0.712. The first kappa shape index (κ1) is 8.32. The fourth-order valence-corrected chi connectivity index (χ4v) is 1.43. The zero-order valence-corrected chi connectivity index (χ0v) is 7.31. The van der Waals surface area contributed by atoms with Gasteiger partial charge in [0.1, 0.15) is 6.10 Å². The predicted molar refractivity (Wildman–Crippen MR) is 50.5 cm³/mol. The Bertz CT molecular complexity index is 303. The van der Waals surface area contributed by atoms with Crippen molar-refractivity contribution in [3.8, 4) is 0 Å². The third kappa shape index (κ3) is 1.90. The number of rotatable bonds is 1. The van der Waals surface area contributed by atoms with E-state index < -0.39 is 0 Å². The van der Waals surface area contributed by atoms with E-state index in [9.17, 15) is 5.11 Å². The summed E-state index contributed by atoms with van der Waals surface area (Å²) < 4.78 is 5.50. The van der Waals surface area contributed by atoms with Gasteiger partial charge in [0, 0.05) is 6.42 Å². The first-order chi connectivity index (χ1) is 6.36. The summed E-state index contributed by atoms with van der Waals surface area (Å²) in [6, 6.07) is 9.91. The standard InChI is InChI=1S/C11H12O2/c12-10-6-7-13-11(8-10)9-4-2-1-3-5-9/h1-5,8,11-12H,6-7H2/t11-/m0/s1. The molecule has 0 fully saturated rings. The molecule has 1 aromatic rings. The van der Waals surface area contributed by atoms with Crippen molar-refractivity contribution in [1.82, 2.24) is 0 Å². The summed E-state index contributed by atoms with van der Waals surface area (Å²) >= 11 is 0. The Hall–Kier alpha value is -1.28. The smallest absolute Gasteiger partial charge is 0.104 e. The third-order valence-corrected chi connectivity index (χ3v) is 2.13. The molecule has 0 bridgehead atoms. The van der Waals surface area contributed by atoms with Crippen LogP contribution in [0.1, 0.15) is 18.1 Å². The van der Waals surface area contributed by atoms with E-state index in [1.54, 1.807) is 6.08 Å². The van der Waals surface area contributed by atoms with Crippen LogP contribution in [-0.2, 0) is 4.74 Å². The fraction of sp³-hybridized carbons (Fsp3) is 0.273. The first-order valence-corrected chi connectivity index (χ1v) is 4.42. The Morgan fingerprint density at radius 1 is 1.23 bits per heavy atom. The number of ether oxygens (including phenoxy) is 1. The Morgan fingerprint density at radius 3 is 2.69 bits per heavy atom. The minimum atomic E-state index is -0.0741. The summed E-state index contributed by atoms with van der Waals surface area (Å²) in [6.45, 7) is 0.599. The van der Waals surface area contributed by atoms with Gasteiger partial charge in [-0.1, -0.05) is 30.3 Å². The third-order valence-electron chi connectivity index (χ3n) is 2.13. The average Bonchev–Trinajstić information content (AvgIpc) is 2.19. The number of hydrogen-bond acceptors (Lipinski definition) is 2. The van der Waals surface area contributed by atoms with E-state index in [0.29, 0.717) is 18.8 Å². The second-order valence-electron chi connectivity index (χ2n) is 3.11. The molecular weight excluding hydrogens is 164 g/mol. The lowest BCUT2D eigenvalue weighted by molar-refractivity contribution is 0.0642. The largest absolute Gasteiger partial charge is 0.512 e. The molecule has 1 N–H and O–H groups in total. The van der Waals surface area contributed by atoms with Crippen molar-refractivity contribution in [3.63, 3.8) is 0 Å². The van der Waals surface area contributed by atoms with Gasteiger partial charge in [0.05, 0.1) is 12.4 Å². The van der Waals surface area contributed by atoms with Crippen LogP contribution < -0.4 is 0 Å². The van der Waals surface area contributed by atoms with Gasteiger partial charge < -0.3 is 9.84 Å². The van der Waals surface area contributed by atoms with Crippen molar-refractivity contribution in [1.29, 1.82) is 0 Å². The molecule has 0 aliphatic carbocycles. The monoisotopic (exact) mass is 176 g/mol. The van der Waals surface area contributed by atoms with E-state index in [0.717, 1.165) is 5.56 Å². The van der Waals surface area contributed by atoms with Crippen molar-refractivity contribution in [2.75, 3.05) is 6.61 Å². The van der Waals surface area contributed by atoms with E-state index in [1.165, 1.54) is 0 Å². The fourth-order valence-electron chi connectivity index (χ4n) is 1.43. The van der Waals surface area contributed by atoms with Gasteiger partial charge in [-0.3, -0.25) is 0 Å². The molecule has 0 saturated carbocycles. The molecule has 68 valence electrons. The molecule has 1 aromatic carbocycles. The van der Waals surface area contributed by atoms with Crippen LogP contribution >= 0.6 is 0 Å². The predicted octanol–water partition coefficient (Wildman–Crippen LogP) is 2.59. The SMILES string of the molecule is OC1=C[C@@H](c2ccccc2)OCC1. The molecule has 0 unspecified atom stereocenters. The van der Waals surface area contributed by atoms with Crippen molar-refractivity contribution in [3.05, 3.63) is 47.7 Å². The van der Waals surface area contributed by atoms with Gasteiger partial charge in [0.15, 0.2) is 0 Å². The molecule has 1 atom stereocenters. The highest BCUT2D eigenvalue weighted by atomic mass is 16.5. The Labute approximate surface area is 77.5 Å². The lowest BCUT2D eigenvalue weighted by atomic mass is 10.1. The number of hydrogen-bond donors (Lipinski definition) is 1. The number of aliphatic hydroxyl groups excluding tert-OH is 1. The Morgan fingerprint density at radius 2 is 2.00 bits per heavy atom. The van der Waals surface area contributed by atoms with Crippen LogP contribution in [0, 0.1) is 0 Å². The average molecular weight is 176 g/mol. The molecular formula is C11H12O2. The second-order valence-corrected chi connectivity index (χ2v) is 3.11. The minimum absolute atomic E-state index is 0.0741. The van der Waals surface area contributed by atoms with Gasteiger partial charge >= 0.3 is 0 Å². The molecule has 13 heavy (non-hydrogen) atoms. The zero-order valence-electron chi connectivity index (χ0n) is 7.31. The maximum absolute atomic E-state index is 9.32. The normalized spacial score (nSPS) is 22.5. The van der Waals surface area contributed by atoms with Crippen LogP contribution in [0.4, 0.5) is 0 Å². The topological polar surface area (TPSA) is 29.5 Å². The lowest BCUT2D eigenvalue weighted by Gasteiger charge is -2.19. The van der Waals surface area contributed by atoms with Crippen LogP contribution in [0.5, 0.6) is 0 Å². The molecule has 0 radical (unpaired) electrons. The van der Waals surface area contributed by atoms with Gasteiger partial charge in [-0.25, -0.2) is 0 Å². The highest BCUT2D eigenvalue weighted by Gasteiger charge is 2.14. The first-order valence-electron chi connectivity index (χ1n) is 4.42. The molecule has 2 heteroatoms. The molecule has 0 spiro atoms. The summed E-state index contributed by atoms with van der Waals surface area (Å²) in [6.07, 6.45) is 2.32. The van der Waals surface area contributed by atoms with Gasteiger partial charge in [-0.2, -0.15) is 0 Å². The summed E-state index contributed by atoms with van der Waals surface area (Å²) in [4.78, 5) is 0. The molecule has 0 aromatic heterocycles. The highest BCUT2D eigenvalue weighted by molar-refractivity contribution is 5.22. The summed E-state index contributed by atoms with van der Waals surface area (Å²) in [7, 11) is 0. The van der Waals surface area contributed by atoms with Crippen molar-refractivity contribution >= 4 is 0 Å². The Kier molecular flexibility index (Phi) is 2.32. The van der Waals surface area contributed by atoms with Crippen LogP contribution in [-0.4, -0.2) is 11.7 Å². The molecule has 1 heterocycles. The van der Waals surface area contributed by atoms with Crippen LogP contribution in [0.15, 0.2) is 42.2 Å². The molecule has 2 rings (SSSR count). The van der Waals surface area contributed by atoms with Crippen LogP contribution in [0.2, 0.25) is 0 Å². The van der Waals surface area contributed by atoms with Crippen molar-refractivity contribution in [2.45, 2.75) is 12.5 Å². The van der Waals surface area contributed by atoms with Crippen LogP contribution in [0.25, 0.3) is 0 Å². The maximum Gasteiger partial charge on any atom is 0.104 e. The molecule has 2 nitrogen and oxygen atoms in total.